The molecule has 2 aromatic rings. The van der Waals surface area contributed by atoms with Gasteiger partial charge in [0, 0.05) is 32.5 Å². The number of nitrogens with zero attached hydrogens (tertiary/aromatic N) is 4. The molecule has 2 heterocycles. The molecule has 0 aromatic carbocycles. The molecule has 0 aliphatic rings. The number of imidazole rings is 1. The van der Waals surface area contributed by atoms with Crippen molar-refractivity contribution in [1.82, 2.24) is 19.3 Å². The van der Waals surface area contributed by atoms with Crippen LogP contribution < -0.4 is 11.1 Å². The lowest BCUT2D eigenvalue weighted by molar-refractivity contribution is 0.707. The highest BCUT2D eigenvalue weighted by Crippen LogP contribution is 2.05. The average Bonchev–Trinajstić information content (AvgIpc) is 2.85. The molecule has 0 bridgehead atoms. The summed E-state index contributed by atoms with van der Waals surface area (Å²) in [6.45, 7) is 2.13. The summed E-state index contributed by atoms with van der Waals surface area (Å²) >= 11 is 0. The van der Waals surface area contributed by atoms with Crippen LogP contribution in [0, 0.1) is 0 Å². The Morgan fingerprint density at radius 3 is 3.00 bits per heavy atom. The van der Waals surface area contributed by atoms with Gasteiger partial charge in [-0.15, -0.1) is 0 Å². The van der Waals surface area contributed by atoms with E-state index in [2.05, 4.69) is 15.4 Å². The van der Waals surface area contributed by atoms with Gasteiger partial charge in [0.15, 0.2) is 0 Å². The summed E-state index contributed by atoms with van der Waals surface area (Å²) in [5.41, 5.74) is 7.46. The number of nitrogens with one attached hydrogen (secondary N) is 1. The van der Waals surface area contributed by atoms with E-state index in [1.54, 1.807) is 17.2 Å². The monoisotopic (exact) mass is 220 g/mol. The molecule has 6 nitrogen and oxygen atoms in total. The second-order valence-corrected chi connectivity index (χ2v) is 3.65. The minimum atomic E-state index is 0.631. The van der Waals surface area contributed by atoms with Crippen molar-refractivity contribution < 1.29 is 0 Å². The Balaban J connectivity index is 1.89. The molecule has 2 aromatic heterocycles. The Hall–Kier alpha value is -1.82. The first-order valence-electron chi connectivity index (χ1n) is 5.21. The second kappa shape index (κ2) is 4.80. The van der Waals surface area contributed by atoms with Gasteiger partial charge in [0.1, 0.15) is 0 Å². The van der Waals surface area contributed by atoms with Gasteiger partial charge in [0.05, 0.1) is 30.5 Å². The molecule has 2 rings (SSSR count). The minimum Gasteiger partial charge on any atom is -0.377 e. The molecule has 0 aliphatic heterocycles. The molecular formula is C10H16N6. The summed E-state index contributed by atoms with van der Waals surface area (Å²) < 4.78 is 3.75. The van der Waals surface area contributed by atoms with Gasteiger partial charge < -0.3 is 15.6 Å². The smallest absolute Gasteiger partial charge is 0.0950 e. The predicted molar refractivity (Wildman–Crippen MR) is 61.8 cm³/mol. The highest BCUT2D eigenvalue weighted by molar-refractivity contribution is 5.38. The maximum Gasteiger partial charge on any atom is 0.0950 e. The number of nitrogens with two attached hydrogens (primary N) is 1. The van der Waals surface area contributed by atoms with Crippen molar-refractivity contribution >= 4 is 5.69 Å². The van der Waals surface area contributed by atoms with E-state index in [0.717, 1.165) is 17.9 Å². The molecule has 6 heteroatoms. The summed E-state index contributed by atoms with van der Waals surface area (Å²) in [4.78, 5) is 4.27. The van der Waals surface area contributed by atoms with Crippen LogP contribution in [0.15, 0.2) is 24.9 Å². The standard InChI is InChI=1S/C10H16N6/c1-15-6-10(5-14-15)12-4-9-7-16(3-2-11)8-13-9/h5-8,12H,2-4,11H2,1H3. The van der Waals surface area contributed by atoms with Crippen LogP contribution in [0.25, 0.3) is 0 Å². The average molecular weight is 220 g/mol. The predicted octanol–water partition coefficient (Wildman–Crippen LogP) is 0.187. The fourth-order valence-electron chi connectivity index (χ4n) is 1.47. The third-order valence-corrected chi connectivity index (χ3v) is 2.25. The summed E-state index contributed by atoms with van der Waals surface area (Å²) in [5, 5.41) is 7.32. The van der Waals surface area contributed by atoms with E-state index in [-0.39, 0.29) is 0 Å². The van der Waals surface area contributed by atoms with Gasteiger partial charge in [-0.05, 0) is 0 Å². The van der Waals surface area contributed by atoms with E-state index in [9.17, 15) is 0 Å². The highest BCUT2D eigenvalue weighted by atomic mass is 15.3. The zero-order chi connectivity index (χ0) is 11.4. The van der Waals surface area contributed by atoms with Crippen molar-refractivity contribution in [3.8, 4) is 0 Å². The maximum absolute atomic E-state index is 5.46. The second-order valence-electron chi connectivity index (χ2n) is 3.65. The normalized spacial score (nSPS) is 10.6. The lowest BCUT2D eigenvalue weighted by atomic mass is 10.4. The van der Waals surface area contributed by atoms with Gasteiger partial charge in [-0.3, -0.25) is 4.68 Å². The van der Waals surface area contributed by atoms with E-state index in [0.29, 0.717) is 13.1 Å². The van der Waals surface area contributed by atoms with E-state index in [4.69, 9.17) is 5.73 Å². The molecule has 0 aliphatic carbocycles. The summed E-state index contributed by atoms with van der Waals surface area (Å²) in [7, 11) is 1.89. The van der Waals surface area contributed by atoms with Gasteiger partial charge in [-0.2, -0.15) is 5.10 Å². The topological polar surface area (TPSA) is 73.7 Å². The minimum absolute atomic E-state index is 0.631. The van der Waals surface area contributed by atoms with E-state index in [1.165, 1.54) is 0 Å². The lowest BCUT2D eigenvalue weighted by Gasteiger charge is -1.99. The largest absolute Gasteiger partial charge is 0.377 e. The highest BCUT2D eigenvalue weighted by Gasteiger charge is 1.99. The zero-order valence-electron chi connectivity index (χ0n) is 9.30. The molecule has 0 atom stereocenters. The molecule has 0 unspecified atom stereocenters. The van der Waals surface area contributed by atoms with Crippen molar-refractivity contribution in [2.45, 2.75) is 13.1 Å². The Bertz CT molecular complexity index is 444. The summed E-state index contributed by atoms with van der Waals surface area (Å²) in [6, 6.07) is 0. The van der Waals surface area contributed by atoms with Crippen molar-refractivity contribution in [2.75, 3.05) is 11.9 Å². The first-order valence-corrected chi connectivity index (χ1v) is 5.21. The number of anilines is 1. The van der Waals surface area contributed by atoms with Crippen LogP contribution in [0.1, 0.15) is 5.69 Å². The molecule has 3 N–H and O–H groups in total. The van der Waals surface area contributed by atoms with Crippen LogP contribution in [0.3, 0.4) is 0 Å². The number of aromatic nitrogens is 4. The van der Waals surface area contributed by atoms with E-state index in [1.807, 2.05) is 24.0 Å². The fourth-order valence-corrected chi connectivity index (χ4v) is 1.47. The van der Waals surface area contributed by atoms with Crippen molar-refractivity contribution in [3.05, 3.63) is 30.6 Å². The summed E-state index contributed by atoms with van der Waals surface area (Å²) in [5.74, 6) is 0. The molecule has 0 saturated carbocycles. The first-order chi connectivity index (χ1) is 7.78. The quantitative estimate of drug-likeness (QED) is 0.754. The molecule has 16 heavy (non-hydrogen) atoms. The van der Waals surface area contributed by atoms with Gasteiger partial charge in [-0.25, -0.2) is 4.98 Å². The van der Waals surface area contributed by atoms with Crippen LogP contribution in [-0.2, 0) is 20.1 Å². The van der Waals surface area contributed by atoms with E-state index >= 15 is 0 Å². The third-order valence-electron chi connectivity index (χ3n) is 2.25. The number of hydrogen-bond donors (Lipinski definition) is 2. The molecule has 0 amide bonds. The Kier molecular flexibility index (Phi) is 3.21. The van der Waals surface area contributed by atoms with Gasteiger partial charge in [0.2, 0.25) is 0 Å². The Morgan fingerprint density at radius 1 is 1.44 bits per heavy atom. The van der Waals surface area contributed by atoms with Crippen LogP contribution in [0.2, 0.25) is 0 Å². The Morgan fingerprint density at radius 2 is 2.31 bits per heavy atom. The maximum atomic E-state index is 5.46. The number of hydrogen-bond acceptors (Lipinski definition) is 4. The number of rotatable bonds is 5. The van der Waals surface area contributed by atoms with Crippen molar-refractivity contribution in [1.29, 1.82) is 0 Å². The molecule has 0 fully saturated rings. The molecule has 0 radical (unpaired) electrons. The third kappa shape index (κ3) is 2.60. The Labute approximate surface area is 94.1 Å². The van der Waals surface area contributed by atoms with E-state index < -0.39 is 0 Å². The van der Waals surface area contributed by atoms with Crippen LogP contribution in [0.5, 0.6) is 0 Å². The van der Waals surface area contributed by atoms with Crippen LogP contribution >= 0.6 is 0 Å². The van der Waals surface area contributed by atoms with Gasteiger partial charge >= 0.3 is 0 Å². The zero-order valence-corrected chi connectivity index (χ0v) is 9.30. The van der Waals surface area contributed by atoms with Crippen molar-refractivity contribution in [3.63, 3.8) is 0 Å². The molecule has 0 saturated heterocycles. The van der Waals surface area contributed by atoms with Crippen LogP contribution in [-0.4, -0.2) is 25.9 Å². The lowest BCUT2D eigenvalue weighted by Crippen LogP contribution is -2.07. The SMILES string of the molecule is Cn1cc(NCc2cn(CCN)cn2)cn1. The van der Waals surface area contributed by atoms with Gasteiger partial charge in [-0.1, -0.05) is 0 Å². The van der Waals surface area contributed by atoms with Gasteiger partial charge in [0.25, 0.3) is 0 Å². The van der Waals surface area contributed by atoms with Crippen molar-refractivity contribution in [2.24, 2.45) is 12.8 Å². The number of aryl methyl sites for hydroxylation is 1. The first kappa shape index (κ1) is 10.7. The fraction of sp³-hybridized carbons (Fsp3) is 0.400. The molecule has 0 spiro atoms. The molecular weight excluding hydrogens is 204 g/mol. The summed E-state index contributed by atoms with van der Waals surface area (Å²) in [6.07, 6.45) is 7.51. The van der Waals surface area contributed by atoms with Crippen LogP contribution in [0.4, 0.5) is 5.69 Å². The molecule has 86 valence electrons.